The Balaban J connectivity index is 1.83. The van der Waals surface area contributed by atoms with Gasteiger partial charge in [0.15, 0.2) is 5.78 Å². The molecule has 5 nitrogen and oxygen atoms in total. The van der Waals surface area contributed by atoms with E-state index in [9.17, 15) is 9.59 Å². The summed E-state index contributed by atoms with van der Waals surface area (Å²) in [4.78, 5) is 23.4. The van der Waals surface area contributed by atoms with E-state index in [2.05, 4.69) is 15.5 Å². The Morgan fingerprint density at radius 1 is 1.21 bits per heavy atom. The maximum Gasteiger partial charge on any atom is 0.226 e. The molecule has 6 heteroatoms. The number of hydrogen-bond acceptors (Lipinski definition) is 5. The van der Waals surface area contributed by atoms with Gasteiger partial charge < -0.3 is 5.32 Å². The standard InChI is InChI=1S/C13H13N3O2S/c1-9-2-4-10(5-3-9)11(17)6-7-12(18)15-13-16-14-8-19-13/h2-5,8H,6-7H2,1H3,(H,15,16,18). The molecule has 0 atom stereocenters. The highest BCUT2D eigenvalue weighted by Crippen LogP contribution is 2.11. The molecule has 0 aliphatic heterocycles. The van der Waals surface area contributed by atoms with Gasteiger partial charge in [-0.15, -0.1) is 10.2 Å². The van der Waals surface area contributed by atoms with Crippen molar-refractivity contribution >= 4 is 28.2 Å². The van der Waals surface area contributed by atoms with Crippen molar-refractivity contribution in [2.75, 3.05) is 5.32 Å². The van der Waals surface area contributed by atoms with Crippen molar-refractivity contribution in [1.82, 2.24) is 10.2 Å². The van der Waals surface area contributed by atoms with Crippen LogP contribution in [0.5, 0.6) is 0 Å². The third-order valence-electron chi connectivity index (χ3n) is 2.56. The maximum absolute atomic E-state index is 11.9. The number of benzene rings is 1. The first kappa shape index (κ1) is 13.4. The van der Waals surface area contributed by atoms with E-state index in [1.165, 1.54) is 16.8 Å². The molecule has 1 aromatic carbocycles. The SMILES string of the molecule is Cc1ccc(C(=O)CCC(=O)Nc2nncs2)cc1. The Labute approximate surface area is 114 Å². The number of Topliss-reactive ketones (excluding diaryl/α,β-unsaturated/α-hetero) is 1. The number of amides is 1. The first-order chi connectivity index (χ1) is 9.15. The predicted octanol–water partition coefficient (Wildman–Crippen LogP) is 2.45. The number of nitrogens with one attached hydrogen (secondary N) is 1. The molecule has 0 aliphatic rings. The molecule has 0 aliphatic carbocycles. The van der Waals surface area contributed by atoms with Gasteiger partial charge in [0.05, 0.1) is 0 Å². The molecule has 2 aromatic rings. The zero-order chi connectivity index (χ0) is 13.7. The van der Waals surface area contributed by atoms with Crippen molar-refractivity contribution in [3.8, 4) is 0 Å². The number of hydrogen-bond donors (Lipinski definition) is 1. The topological polar surface area (TPSA) is 72.0 Å². The maximum atomic E-state index is 11.9. The fourth-order valence-electron chi connectivity index (χ4n) is 1.52. The summed E-state index contributed by atoms with van der Waals surface area (Å²) >= 11 is 1.24. The first-order valence-corrected chi connectivity index (χ1v) is 6.69. The van der Waals surface area contributed by atoms with Gasteiger partial charge >= 0.3 is 0 Å². The second-order valence-electron chi connectivity index (χ2n) is 4.08. The summed E-state index contributed by atoms with van der Waals surface area (Å²) < 4.78 is 0. The molecule has 1 amide bonds. The third-order valence-corrected chi connectivity index (χ3v) is 3.17. The molecule has 0 spiro atoms. The van der Waals surface area contributed by atoms with E-state index < -0.39 is 0 Å². The van der Waals surface area contributed by atoms with E-state index in [1.54, 1.807) is 12.1 Å². The summed E-state index contributed by atoms with van der Waals surface area (Å²) in [6.45, 7) is 1.96. The van der Waals surface area contributed by atoms with E-state index in [0.29, 0.717) is 10.7 Å². The van der Waals surface area contributed by atoms with Gasteiger partial charge in [0.1, 0.15) is 5.51 Å². The van der Waals surface area contributed by atoms with Crippen molar-refractivity contribution in [2.45, 2.75) is 19.8 Å². The quantitative estimate of drug-likeness (QED) is 0.851. The molecular weight excluding hydrogens is 262 g/mol. The van der Waals surface area contributed by atoms with E-state index in [-0.39, 0.29) is 24.5 Å². The fraction of sp³-hybridized carbons (Fsp3) is 0.231. The van der Waals surface area contributed by atoms with E-state index in [1.807, 2.05) is 19.1 Å². The van der Waals surface area contributed by atoms with Crippen LogP contribution in [0, 0.1) is 6.92 Å². The van der Waals surface area contributed by atoms with Gasteiger partial charge in [0.25, 0.3) is 0 Å². The monoisotopic (exact) mass is 275 g/mol. The molecule has 1 heterocycles. The molecular formula is C13H13N3O2S. The minimum absolute atomic E-state index is 0.0348. The van der Waals surface area contributed by atoms with Crippen LogP contribution in [0.4, 0.5) is 5.13 Å². The van der Waals surface area contributed by atoms with Crippen LogP contribution in [0.3, 0.4) is 0 Å². The van der Waals surface area contributed by atoms with Crippen LogP contribution in [0.2, 0.25) is 0 Å². The number of aryl methyl sites for hydroxylation is 1. The van der Waals surface area contributed by atoms with Gasteiger partial charge in [0.2, 0.25) is 11.0 Å². The number of ketones is 1. The lowest BCUT2D eigenvalue weighted by Crippen LogP contribution is -2.13. The Kier molecular flexibility index (Phi) is 4.35. The number of anilines is 1. The molecule has 1 aromatic heterocycles. The molecule has 98 valence electrons. The third kappa shape index (κ3) is 3.96. The van der Waals surface area contributed by atoms with Crippen LogP contribution in [-0.4, -0.2) is 21.9 Å². The molecule has 0 fully saturated rings. The van der Waals surface area contributed by atoms with Crippen LogP contribution in [-0.2, 0) is 4.79 Å². The number of carbonyl (C=O) groups is 2. The van der Waals surface area contributed by atoms with E-state index in [4.69, 9.17) is 0 Å². The van der Waals surface area contributed by atoms with Gasteiger partial charge in [-0.05, 0) is 6.92 Å². The molecule has 0 bridgehead atoms. The van der Waals surface area contributed by atoms with Gasteiger partial charge in [0, 0.05) is 18.4 Å². The van der Waals surface area contributed by atoms with Crippen molar-refractivity contribution in [3.63, 3.8) is 0 Å². The molecule has 0 saturated heterocycles. The summed E-state index contributed by atoms with van der Waals surface area (Å²) in [5.41, 5.74) is 3.27. The lowest BCUT2D eigenvalue weighted by molar-refractivity contribution is -0.116. The van der Waals surface area contributed by atoms with E-state index >= 15 is 0 Å². The van der Waals surface area contributed by atoms with Crippen molar-refractivity contribution in [2.24, 2.45) is 0 Å². The summed E-state index contributed by atoms with van der Waals surface area (Å²) in [6, 6.07) is 7.32. The average molecular weight is 275 g/mol. The average Bonchev–Trinajstić information content (AvgIpc) is 2.89. The van der Waals surface area contributed by atoms with Gasteiger partial charge in [-0.1, -0.05) is 41.2 Å². The van der Waals surface area contributed by atoms with Gasteiger partial charge in [-0.25, -0.2) is 0 Å². The summed E-state index contributed by atoms with van der Waals surface area (Å²) in [7, 11) is 0. The Hall–Kier alpha value is -2.08. The molecule has 19 heavy (non-hydrogen) atoms. The Bertz CT molecular complexity index is 564. The summed E-state index contributed by atoms with van der Waals surface area (Å²) in [6.07, 6.45) is 0.333. The van der Waals surface area contributed by atoms with Crippen molar-refractivity contribution in [1.29, 1.82) is 0 Å². The zero-order valence-electron chi connectivity index (χ0n) is 10.4. The Morgan fingerprint density at radius 2 is 1.95 bits per heavy atom. The van der Waals surface area contributed by atoms with Gasteiger partial charge in [-0.3, -0.25) is 9.59 Å². The van der Waals surface area contributed by atoms with E-state index in [0.717, 1.165) is 5.56 Å². The molecule has 0 saturated carbocycles. The first-order valence-electron chi connectivity index (χ1n) is 5.81. The lowest BCUT2D eigenvalue weighted by Gasteiger charge is -2.02. The highest BCUT2D eigenvalue weighted by molar-refractivity contribution is 7.13. The van der Waals surface area contributed by atoms with Crippen molar-refractivity contribution in [3.05, 3.63) is 40.9 Å². The normalized spacial score (nSPS) is 10.2. The number of rotatable bonds is 5. The highest BCUT2D eigenvalue weighted by atomic mass is 32.1. The largest absolute Gasteiger partial charge is 0.301 e. The molecule has 0 unspecified atom stereocenters. The summed E-state index contributed by atoms with van der Waals surface area (Å²) in [5, 5.41) is 10.4. The van der Waals surface area contributed by atoms with Crippen LogP contribution >= 0.6 is 11.3 Å². The fourth-order valence-corrected chi connectivity index (χ4v) is 1.98. The second kappa shape index (κ2) is 6.19. The van der Waals surface area contributed by atoms with Gasteiger partial charge in [-0.2, -0.15) is 0 Å². The van der Waals surface area contributed by atoms with Crippen LogP contribution in [0.1, 0.15) is 28.8 Å². The highest BCUT2D eigenvalue weighted by Gasteiger charge is 2.10. The number of aromatic nitrogens is 2. The predicted molar refractivity (Wildman–Crippen MR) is 73.3 cm³/mol. The second-order valence-corrected chi connectivity index (χ2v) is 4.91. The minimum atomic E-state index is -0.225. The Morgan fingerprint density at radius 3 is 2.58 bits per heavy atom. The van der Waals surface area contributed by atoms with Crippen LogP contribution in [0.25, 0.3) is 0 Å². The smallest absolute Gasteiger partial charge is 0.226 e. The van der Waals surface area contributed by atoms with Crippen LogP contribution < -0.4 is 5.32 Å². The molecule has 0 radical (unpaired) electrons. The van der Waals surface area contributed by atoms with Crippen LogP contribution in [0.15, 0.2) is 29.8 Å². The minimum Gasteiger partial charge on any atom is -0.301 e. The lowest BCUT2D eigenvalue weighted by atomic mass is 10.1. The zero-order valence-corrected chi connectivity index (χ0v) is 11.2. The number of nitrogens with zero attached hydrogens (tertiary/aromatic N) is 2. The summed E-state index contributed by atoms with van der Waals surface area (Å²) in [5.74, 6) is -0.260. The van der Waals surface area contributed by atoms with Crippen molar-refractivity contribution < 1.29 is 9.59 Å². The molecule has 1 N–H and O–H groups in total. The number of carbonyl (C=O) groups excluding carboxylic acids is 2. The molecule has 2 rings (SSSR count).